The number of morpholine rings is 1. The molecule has 5 rings (SSSR count). The first-order valence-electron chi connectivity index (χ1n) is 10.9. The smallest absolute Gasteiger partial charge is 0.163 e. The highest BCUT2D eigenvalue weighted by Gasteiger charge is 2.13. The van der Waals surface area contributed by atoms with Crippen molar-refractivity contribution in [3.8, 4) is 11.5 Å². The van der Waals surface area contributed by atoms with Gasteiger partial charge < -0.3 is 24.5 Å². The first kappa shape index (κ1) is 20.5. The Bertz CT molecular complexity index is 1200. The van der Waals surface area contributed by atoms with E-state index < -0.39 is 0 Å². The molecule has 0 unspecified atom stereocenters. The SMILES string of the molecule is COc1cc2c(Nc3ccc4cc[nH]c4c3)ncnc2cc1OCCCN1CCOCC1. The van der Waals surface area contributed by atoms with Crippen molar-refractivity contribution in [1.29, 1.82) is 0 Å². The van der Waals surface area contributed by atoms with Crippen LogP contribution in [-0.2, 0) is 4.74 Å². The van der Waals surface area contributed by atoms with Gasteiger partial charge in [0.25, 0.3) is 0 Å². The molecule has 2 aromatic heterocycles. The zero-order chi connectivity index (χ0) is 21.8. The highest BCUT2D eigenvalue weighted by molar-refractivity contribution is 5.94. The van der Waals surface area contributed by atoms with E-state index in [1.165, 1.54) is 5.39 Å². The van der Waals surface area contributed by atoms with Crippen LogP contribution in [-0.4, -0.2) is 66.4 Å². The standard InChI is InChI=1S/C24H27N5O3/c1-30-22-14-19-21(15-23(22)32-10-2-7-29-8-11-31-12-9-29)26-16-27-24(19)28-18-4-3-17-5-6-25-20(17)13-18/h3-6,13-16,25H,2,7-12H2,1H3,(H,26,27,28). The van der Waals surface area contributed by atoms with Gasteiger partial charge in [0.15, 0.2) is 11.5 Å². The van der Waals surface area contributed by atoms with Crippen LogP contribution < -0.4 is 14.8 Å². The molecule has 2 N–H and O–H groups in total. The van der Waals surface area contributed by atoms with E-state index in [1.54, 1.807) is 13.4 Å². The van der Waals surface area contributed by atoms with Gasteiger partial charge in [0.2, 0.25) is 0 Å². The summed E-state index contributed by atoms with van der Waals surface area (Å²) in [6.07, 6.45) is 4.44. The fraction of sp³-hybridized carbons (Fsp3) is 0.333. The molecule has 166 valence electrons. The lowest BCUT2D eigenvalue weighted by Crippen LogP contribution is -2.37. The Kier molecular flexibility index (Phi) is 6.04. The summed E-state index contributed by atoms with van der Waals surface area (Å²) in [7, 11) is 1.65. The summed E-state index contributed by atoms with van der Waals surface area (Å²) in [5.41, 5.74) is 2.81. The molecule has 3 heterocycles. The number of anilines is 2. The molecule has 0 spiro atoms. The highest BCUT2D eigenvalue weighted by atomic mass is 16.5. The number of benzene rings is 2. The van der Waals surface area contributed by atoms with E-state index in [0.29, 0.717) is 18.1 Å². The van der Waals surface area contributed by atoms with Crippen molar-refractivity contribution in [2.75, 3.05) is 51.9 Å². The molecule has 32 heavy (non-hydrogen) atoms. The van der Waals surface area contributed by atoms with E-state index in [1.807, 2.05) is 30.5 Å². The van der Waals surface area contributed by atoms with Crippen molar-refractivity contribution < 1.29 is 14.2 Å². The number of hydrogen-bond donors (Lipinski definition) is 2. The average Bonchev–Trinajstić information content (AvgIpc) is 3.30. The van der Waals surface area contributed by atoms with Crippen molar-refractivity contribution in [1.82, 2.24) is 19.9 Å². The number of fused-ring (bicyclic) bond motifs is 2. The largest absolute Gasteiger partial charge is 0.493 e. The lowest BCUT2D eigenvalue weighted by molar-refractivity contribution is 0.0357. The van der Waals surface area contributed by atoms with Crippen molar-refractivity contribution in [3.05, 3.63) is 48.9 Å². The summed E-state index contributed by atoms with van der Waals surface area (Å²) in [6.45, 7) is 5.22. The molecule has 0 atom stereocenters. The number of rotatable bonds is 8. The number of ether oxygens (including phenoxy) is 3. The second-order valence-electron chi connectivity index (χ2n) is 7.80. The predicted molar refractivity (Wildman–Crippen MR) is 125 cm³/mol. The van der Waals surface area contributed by atoms with E-state index in [2.05, 4.69) is 37.3 Å². The molecule has 0 bridgehead atoms. The Hall–Kier alpha value is -3.36. The van der Waals surface area contributed by atoms with Crippen LogP contribution in [0.5, 0.6) is 11.5 Å². The molecule has 1 saturated heterocycles. The fourth-order valence-corrected chi connectivity index (χ4v) is 3.99. The second kappa shape index (κ2) is 9.42. The molecule has 0 radical (unpaired) electrons. The van der Waals surface area contributed by atoms with Crippen LogP contribution in [0.3, 0.4) is 0 Å². The van der Waals surface area contributed by atoms with Crippen molar-refractivity contribution >= 4 is 33.3 Å². The van der Waals surface area contributed by atoms with Gasteiger partial charge in [-0.2, -0.15) is 0 Å². The number of aromatic amines is 1. The lowest BCUT2D eigenvalue weighted by atomic mass is 10.2. The summed E-state index contributed by atoms with van der Waals surface area (Å²) in [5, 5.41) is 5.44. The number of methoxy groups -OCH3 is 1. The van der Waals surface area contributed by atoms with E-state index in [4.69, 9.17) is 14.2 Å². The maximum absolute atomic E-state index is 6.06. The maximum atomic E-state index is 6.06. The third kappa shape index (κ3) is 4.46. The Balaban J connectivity index is 1.32. The Morgan fingerprint density at radius 1 is 1.09 bits per heavy atom. The van der Waals surface area contributed by atoms with E-state index in [0.717, 1.165) is 67.2 Å². The van der Waals surface area contributed by atoms with Gasteiger partial charge in [0.1, 0.15) is 12.1 Å². The molecule has 2 aromatic carbocycles. The second-order valence-corrected chi connectivity index (χ2v) is 7.80. The highest BCUT2D eigenvalue weighted by Crippen LogP contribution is 2.35. The molecule has 4 aromatic rings. The molecule has 1 aliphatic rings. The average molecular weight is 434 g/mol. The summed E-state index contributed by atoms with van der Waals surface area (Å²) < 4.78 is 17.1. The molecule has 8 nitrogen and oxygen atoms in total. The normalized spacial score (nSPS) is 14.7. The van der Waals surface area contributed by atoms with Crippen LogP contribution >= 0.6 is 0 Å². The van der Waals surface area contributed by atoms with Gasteiger partial charge >= 0.3 is 0 Å². The van der Waals surface area contributed by atoms with Gasteiger partial charge in [-0.1, -0.05) is 6.07 Å². The molecule has 1 fully saturated rings. The Labute approximate surface area is 186 Å². The number of H-pyrrole nitrogens is 1. The van der Waals surface area contributed by atoms with Gasteiger partial charge in [-0.15, -0.1) is 0 Å². The van der Waals surface area contributed by atoms with Crippen LogP contribution in [0, 0.1) is 0 Å². The van der Waals surface area contributed by atoms with Crippen LogP contribution in [0.25, 0.3) is 21.8 Å². The minimum Gasteiger partial charge on any atom is -0.493 e. The van der Waals surface area contributed by atoms with Crippen LogP contribution in [0.4, 0.5) is 11.5 Å². The summed E-state index contributed by atoms with van der Waals surface area (Å²) in [6, 6.07) is 12.1. The number of nitrogens with one attached hydrogen (secondary N) is 2. The molecular weight excluding hydrogens is 406 g/mol. The first-order chi connectivity index (χ1) is 15.8. The quantitative estimate of drug-likeness (QED) is 0.407. The number of nitrogens with zero attached hydrogens (tertiary/aromatic N) is 3. The molecule has 0 amide bonds. The Morgan fingerprint density at radius 3 is 2.88 bits per heavy atom. The summed E-state index contributed by atoms with van der Waals surface area (Å²) >= 11 is 0. The zero-order valence-corrected chi connectivity index (χ0v) is 18.1. The number of aromatic nitrogens is 3. The van der Waals surface area contributed by atoms with Gasteiger partial charge in [0, 0.05) is 48.5 Å². The van der Waals surface area contributed by atoms with Crippen molar-refractivity contribution in [3.63, 3.8) is 0 Å². The molecule has 0 saturated carbocycles. The van der Waals surface area contributed by atoms with Gasteiger partial charge in [-0.25, -0.2) is 9.97 Å². The van der Waals surface area contributed by atoms with Gasteiger partial charge in [-0.05, 0) is 36.1 Å². The van der Waals surface area contributed by atoms with Crippen molar-refractivity contribution in [2.45, 2.75) is 6.42 Å². The minimum absolute atomic E-state index is 0.617. The van der Waals surface area contributed by atoms with Crippen LogP contribution in [0.2, 0.25) is 0 Å². The van der Waals surface area contributed by atoms with Crippen LogP contribution in [0.15, 0.2) is 48.9 Å². The monoisotopic (exact) mass is 433 g/mol. The van der Waals surface area contributed by atoms with Gasteiger partial charge in [0.05, 0.1) is 32.4 Å². The molecule has 1 aliphatic heterocycles. The third-order valence-electron chi connectivity index (χ3n) is 5.72. The Morgan fingerprint density at radius 2 is 2.00 bits per heavy atom. The van der Waals surface area contributed by atoms with E-state index in [9.17, 15) is 0 Å². The van der Waals surface area contributed by atoms with E-state index >= 15 is 0 Å². The maximum Gasteiger partial charge on any atom is 0.163 e. The molecule has 0 aliphatic carbocycles. The zero-order valence-electron chi connectivity index (χ0n) is 18.1. The lowest BCUT2D eigenvalue weighted by Gasteiger charge is -2.26. The fourth-order valence-electron chi connectivity index (χ4n) is 3.99. The van der Waals surface area contributed by atoms with Crippen LogP contribution in [0.1, 0.15) is 6.42 Å². The first-order valence-corrected chi connectivity index (χ1v) is 10.9. The topological polar surface area (TPSA) is 84.5 Å². The molecule has 8 heteroatoms. The van der Waals surface area contributed by atoms with E-state index in [-0.39, 0.29) is 0 Å². The van der Waals surface area contributed by atoms with Crippen molar-refractivity contribution in [2.24, 2.45) is 0 Å². The van der Waals surface area contributed by atoms with Gasteiger partial charge in [-0.3, -0.25) is 4.90 Å². The summed E-state index contributed by atoms with van der Waals surface area (Å²) in [5.74, 6) is 2.08. The molecular formula is C24H27N5O3. The third-order valence-corrected chi connectivity index (χ3v) is 5.72. The predicted octanol–water partition coefficient (Wildman–Crippen LogP) is 3.96. The minimum atomic E-state index is 0.617. The number of hydrogen-bond acceptors (Lipinski definition) is 7. The summed E-state index contributed by atoms with van der Waals surface area (Å²) in [4.78, 5) is 14.5.